The van der Waals surface area contributed by atoms with E-state index in [2.05, 4.69) is 0 Å². The first kappa shape index (κ1) is 13.6. The van der Waals surface area contributed by atoms with Crippen molar-refractivity contribution in [2.24, 2.45) is 0 Å². The van der Waals surface area contributed by atoms with E-state index >= 15 is 0 Å². The summed E-state index contributed by atoms with van der Waals surface area (Å²) in [6.07, 6.45) is 1.04. The van der Waals surface area contributed by atoms with E-state index in [1.165, 1.54) is 21.3 Å². The average molecular weight is 244 g/mol. The van der Waals surface area contributed by atoms with Crippen LogP contribution in [0.4, 0.5) is 4.39 Å². The van der Waals surface area contributed by atoms with Gasteiger partial charge in [-0.2, -0.15) is 4.39 Å². The Bertz CT molecular complexity index is 379. The molecule has 0 fully saturated rings. The monoisotopic (exact) mass is 244 g/mol. The Kier molecular flexibility index (Phi) is 5.03. The Hall–Kier alpha value is -1.49. The lowest BCUT2D eigenvalue weighted by Gasteiger charge is -2.15. The van der Waals surface area contributed by atoms with Crippen LogP contribution in [0.3, 0.4) is 0 Å². The van der Waals surface area contributed by atoms with Crippen molar-refractivity contribution in [3.05, 3.63) is 17.4 Å². The molecular formula is C12H17FO4. The van der Waals surface area contributed by atoms with Gasteiger partial charge in [0.05, 0.1) is 21.3 Å². The number of benzene rings is 1. The van der Waals surface area contributed by atoms with Crippen molar-refractivity contribution in [3.63, 3.8) is 0 Å². The van der Waals surface area contributed by atoms with Gasteiger partial charge in [0.25, 0.3) is 0 Å². The van der Waals surface area contributed by atoms with Gasteiger partial charge >= 0.3 is 0 Å². The maximum Gasteiger partial charge on any atom is 0.210 e. The molecule has 17 heavy (non-hydrogen) atoms. The van der Waals surface area contributed by atoms with Gasteiger partial charge in [0.1, 0.15) is 0 Å². The summed E-state index contributed by atoms with van der Waals surface area (Å²) >= 11 is 0. The van der Waals surface area contributed by atoms with Crippen molar-refractivity contribution in [1.82, 2.24) is 0 Å². The number of aliphatic hydroxyl groups is 1. The van der Waals surface area contributed by atoms with Crippen molar-refractivity contribution in [2.75, 3.05) is 27.9 Å². The van der Waals surface area contributed by atoms with Crippen molar-refractivity contribution >= 4 is 0 Å². The second kappa shape index (κ2) is 6.30. The molecule has 0 atom stereocenters. The molecule has 0 saturated carbocycles. The van der Waals surface area contributed by atoms with Crippen LogP contribution >= 0.6 is 0 Å². The highest BCUT2D eigenvalue weighted by Crippen LogP contribution is 2.39. The molecule has 4 nitrogen and oxygen atoms in total. The minimum atomic E-state index is -0.581. The molecule has 0 amide bonds. The number of halogens is 1. The lowest BCUT2D eigenvalue weighted by atomic mass is 10.1. The fraction of sp³-hybridized carbons (Fsp3) is 0.500. The summed E-state index contributed by atoms with van der Waals surface area (Å²) in [4.78, 5) is 0. The second-order valence-electron chi connectivity index (χ2n) is 3.45. The highest BCUT2D eigenvalue weighted by atomic mass is 19.1. The predicted molar refractivity (Wildman–Crippen MR) is 61.5 cm³/mol. The van der Waals surface area contributed by atoms with Gasteiger partial charge in [0, 0.05) is 12.2 Å². The normalized spacial score (nSPS) is 10.2. The van der Waals surface area contributed by atoms with E-state index in [4.69, 9.17) is 19.3 Å². The van der Waals surface area contributed by atoms with Crippen molar-refractivity contribution < 1.29 is 23.7 Å². The summed E-state index contributed by atoms with van der Waals surface area (Å²) in [6.45, 7) is 0.0408. The predicted octanol–water partition coefficient (Wildman–Crippen LogP) is 1.78. The largest absolute Gasteiger partial charge is 0.493 e. The van der Waals surface area contributed by atoms with E-state index in [1.54, 1.807) is 6.07 Å². The minimum absolute atomic E-state index is 0.0251. The van der Waals surface area contributed by atoms with E-state index in [1.807, 2.05) is 0 Å². The zero-order chi connectivity index (χ0) is 12.8. The van der Waals surface area contributed by atoms with Crippen LogP contribution in [0.1, 0.15) is 12.0 Å². The van der Waals surface area contributed by atoms with Crippen molar-refractivity contribution in [1.29, 1.82) is 0 Å². The molecule has 0 bridgehead atoms. The Labute approximate surface area is 99.9 Å². The fourth-order valence-corrected chi connectivity index (χ4v) is 1.66. The van der Waals surface area contributed by atoms with Gasteiger partial charge in [-0.05, 0) is 18.9 Å². The van der Waals surface area contributed by atoms with Crippen molar-refractivity contribution in [2.45, 2.75) is 12.8 Å². The minimum Gasteiger partial charge on any atom is -0.493 e. The van der Waals surface area contributed by atoms with Gasteiger partial charge in [0.15, 0.2) is 11.5 Å². The zero-order valence-electron chi connectivity index (χ0n) is 10.2. The molecule has 1 N–H and O–H groups in total. The van der Waals surface area contributed by atoms with Crippen LogP contribution in [0.5, 0.6) is 17.2 Å². The molecule has 1 aromatic rings. The molecule has 0 radical (unpaired) electrons. The van der Waals surface area contributed by atoms with E-state index < -0.39 is 5.82 Å². The zero-order valence-corrected chi connectivity index (χ0v) is 10.2. The van der Waals surface area contributed by atoms with Gasteiger partial charge in [-0.25, -0.2) is 0 Å². The molecule has 0 unspecified atom stereocenters. The molecular weight excluding hydrogens is 227 g/mol. The number of hydrogen-bond acceptors (Lipinski definition) is 4. The lowest BCUT2D eigenvalue weighted by Crippen LogP contribution is -2.02. The lowest BCUT2D eigenvalue weighted by molar-refractivity contribution is 0.286. The van der Waals surface area contributed by atoms with Crippen LogP contribution in [0, 0.1) is 5.82 Å². The molecule has 0 aliphatic carbocycles. The molecule has 0 saturated heterocycles. The quantitative estimate of drug-likeness (QED) is 0.828. The first-order valence-corrected chi connectivity index (χ1v) is 5.27. The maximum atomic E-state index is 14.0. The van der Waals surface area contributed by atoms with Gasteiger partial charge < -0.3 is 19.3 Å². The number of hydrogen-bond donors (Lipinski definition) is 1. The number of aryl methyl sites for hydroxylation is 1. The molecule has 1 rings (SSSR count). The van der Waals surface area contributed by atoms with Crippen LogP contribution in [0.2, 0.25) is 0 Å². The number of ether oxygens (including phenoxy) is 3. The summed E-state index contributed by atoms with van der Waals surface area (Å²) < 4.78 is 29.0. The molecule has 0 aliphatic heterocycles. The van der Waals surface area contributed by atoms with Crippen LogP contribution in [0.25, 0.3) is 0 Å². The Morgan fingerprint density at radius 1 is 1.12 bits per heavy atom. The third-order valence-corrected chi connectivity index (χ3v) is 2.45. The summed E-state index contributed by atoms with van der Waals surface area (Å²) in [6, 6.07) is 1.66. The van der Waals surface area contributed by atoms with Gasteiger partial charge in [-0.1, -0.05) is 0 Å². The highest BCUT2D eigenvalue weighted by Gasteiger charge is 2.20. The van der Waals surface area contributed by atoms with Gasteiger partial charge in [0.2, 0.25) is 11.6 Å². The van der Waals surface area contributed by atoms with Crippen molar-refractivity contribution in [3.8, 4) is 17.2 Å². The molecule has 1 aromatic carbocycles. The van der Waals surface area contributed by atoms with E-state index in [-0.39, 0.29) is 18.1 Å². The topological polar surface area (TPSA) is 47.9 Å². The molecule has 96 valence electrons. The maximum absolute atomic E-state index is 14.0. The second-order valence-corrected chi connectivity index (χ2v) is 3.45. The van der Waals surface area contributed by atoms with Gasteiger partial charge in [-0.15, -0.1) is 0 Å². The third-order valence-electron chi connectivity index (χ3n) is 2.45. The molecule has 5 heteroatoms. The van der Waals surface area contributed by atoms with E-state index in [0.29, 0.717) is 24.2 Å². The molecule has 0 heterocycles. The Morgan fingerprint density at radius 3 is 2.24 bits per heavy atom. The number of methoxy groups -OCH3 is 3. The summed E-state index contributed by atoms with van der Waals surface area (Å²) in [5, 5.41) is 8.80. The van der Waals surface area contributed by atoms with Crippen LogP contribution in [-0.4, -0.2) is 33.0 Å². The third kappa shape index (κ3) is 2.79. The van der Waals surface area contributed by atoms with E-state index in [0.717, 1.165) is 0 Å². The first-order chi connectivity index (χ1) is 8.19. The summed E-state index contributed by atoms with van der Waals surface area (Å²) in [5.74, 6) is -0.103. The Balaban J connectivity index is 3.24. The molecule has 0 aromatic heterocycles. The summed E-state index contributed by atoms with van der Waals surface area (Å²) in [7, 11) is 4.21. The standard InChI is InChI=1S/C12H17FO4/c1-15-9-7-8(5-4-6-14)11(16-2)10(13)12(9)17-3/h7,14H,4-6H2,1-3H3. The smallest absolute Gasteiger partial charge is 0.210 e. The Morgan fingerprint density at radius 2 is 1.76 bits per heavy atom. The first-order valence-electron chi connectivity index (χ1n) is 5.27. The number of aliphatic hydroxyl groups excluding tert-OH is 1. The average Bonchev–Trinajstić information content (AvgIpc) is 2.35. The summed E-state index contributed by atoms with van der Waals surface area (Å²) in [5.41, 5.74) is 0.650. The highest BCUT2D eigenvalue weighted by molar-refractivity contribution is 5.52. The van der Waals surface area contributed by atoms with Gasteiger partial charge in [-0.3, -0.25) is 0 Å². The molecule has 0 aliphatic rings. The number of rotatable bonds is 6. The fourth-order valence-electron chi connectivity index (χ4n) is 1.66. The van der Waals surface area contributed by atoms with E-state index in [9.17, 15) is 4.39 Å². The van der Waals surface area contributed by atoms with Crippen LogP contribution < -0.4 is 14.2 Å². The van der Waals surface area contributed by atoms with Crippen LogP contribution in [0.15, 0.2) is 6.07 Å². The molecule has 0 spiro atoms. The SMILES string of the molecule is COc1cc(CCCO)c(OC)c(F)c1OC. The van der Waals surface area contributed by atoms with Crippen LogP contribution in [-0.2, 0) is 6.42 Å².